The monoisotopic (exact) mass is 385 g/mol. The van der Waals surface area contributed by atoms with Crippen molar-refractivity contribution in [3.8, 4) is 0 Å². The van der Waals surface area contributed by atoms with E-state index in [0.717, 1.165) is 24.0 Å². The lowest BCUT2D eigenvalue weighted by molar-refractivity contribution is -0.117. The molecule has 0 spiro atoms. The normalized spacial score (nSPS) is 24.9. The number of rotatable bonds is 6. The number of allylic oxidation sites excluding steroid dienone is 3. The first-order valence-electron chi connectivity index (χ1n) is 8.07. The highest BCUT2D eigenvalue weighted by Crippen LogP contribution is 2.58. The molecule has 1 aliphatic carbocycles. The third-order valence-corrected chi connectivity index (χ3v) is 5.55. The van der Waals surface area contributed by atoms with E-state index in [1.807, 2.05) is 45.1 Å². The molecule has 0 aromatic heterocycles. The second-order valence-electron chi connectivity index (χ2n) is 6.40. The molecule has 0 radical (unpaired) electrons. The minimum absolute atomic E-state index is 0.0769. The lowest BCUT2D eigenvalue weighted by Crippen LogP contribution is -2.30. The van der Waals surface area contributed by atoms with E-state index in [-0.39, 0.29) is 17.9 Å². The summed E-state index contributed by atoms with van der Waals surface area (Å²) >= 11 is 18.7. The van der Waals surface area contributed by atoms with E-state index in [1.54, 1.807) is 12.1 Å². The molecule has 1 N–H and O–H groups in total. The van der Waals surface area contributed by atoms with E-state index in [1.165, 1.54) is 0 Å². The Hall–Kier alpha value is -0.960. The Morgan fingerprint density at radius 3 is 2.75 bits per heavy atom. The van der Waals surface area contributed by atoms with Gasteiger partial charge in [0.05, 0.1) is 14.9 Å². The van der Waals surface area contributed by atoms with Crippen LogP contribution < -0.4 is 5.32 Å². The van der Waals surface area contributed by atoms with Gasteiger partial charge >= 0.3 is 0 Å². The molecule has 1 amide bonds. The maximum atomic E-state index is 11.8. The second kappa shape index (κ2) is 7.95. The van der Waals surface area contributed by atoms with Gasteiger partial charge in [-0.3, -0.25) is 4.79 Å². The van der Waals surface area contributed by atoms with E-state index in [9.17, 15) is 4.79 Å². The average molecular weight is 387 g/mol. The maximum absolute atomic E-state index is 11.8. The van der Waals surface area contributed by atoms with Crippen molar-refractivity contribution in [2.24, 2.45) is 0 Å². The van der Waals surface area contributed by atoms with Crippen molar-refractivity contribution >= 4 is 40.7 Å². The number of hydrogen-bond acceptors (Lipinski definition) is 1. The Morgan fingerprint density at radius 1 is 1.42 bits per heavy atom. The van der Waals surface area contributed by atoms with Crippen LogP contribution in [0.1, 0.15) is 45.1 Å². The van der Waals surface area contributed by atoms with Gasteiger partial charge < -0.3 is 5.32 Å². The molecule has 1 fully saturated rings. The van der Waals surface area contributed by atoms with E-state index < -0.39 is 4.87 Å². The molecule has 0 unspecified atom stereocenters. The van der Waals surface area contributed by atoms with Gasteiger partial charge in [-0.1, -0.05) is 48.3 Å². The molecule has 0 bridgehead atoms. The summed E-state index contributed by atoms with van der Waals surface area (Å²) in [6, 6.07) is 5.80. The third kappa shape index (κ3) is 5.02. The number of nitrogens with one attached hydrogen (secondary N) is 1. The molecule has 1 aliphatic rings. The number of carbonyl (C=O) groups is 1. The van der Waals surface area contributed by atoms with Gasteiger partial charge in [0.2, 0.25) is 5.91 Å². The summed E-state index contributed by atoms with van der Waals surface area (Å²) in [6.45, 7) is 5.91. The average Bonchev–Trinajstić information content (AvgIpc) is 3.20. The van der Waals surface area contributed by atoms with Crippen LogP contribution in [0.25, 0.3) is 0 Å². The van der Waals surface area contributed by atoms with Gasteiger partial charge in [0.1, 0.15) is 0 Å². The number of hydrogen-bond donors (Lipinski definition) is 1. The van der Waals surface area contributed by atoms with Crippen LogP contribution in [0.5, 0.6) is 0 Å². The van der Waals surface area contributed by atoms with E-state index in [2.05, 4.69) is 5.32 Å². The minimum atomic E-state index is -0.417. The van der Waals surface area contributed by atoms with Crippen LogP contribution in [0.2, 0.25) is 10.0 Å². The fourth-order valence-electron chi connectivity index (χ4n) is 2.47. The number of carbonyl (C=O) groups excluding carboxylic acids is 1. The summed E-state index contributed by atoms with van der Waals surface area (Å²) in [7, 11) is 0. The van der Waals surface area contributed by atoms with Gasteiger partial charge in [-0.2, -0.15) is 0 Å². The SMILES string of the molecule is CC[C@H](C)NC(=O)/C=C(C)/C=C/[C@]1(Cl)C[C@H]1c1ccc(Cl)c(Cl)c1. The largest absolute Gasteiger partial charge is 0.350 e. The summed E-state index contributed by atoms with van der Waals surface area (Å²) in [5, 5.41) is 4.00. The van der Waals surface area contributed by atoms with Crippen molar-refractivity contribution in [1.29, 1.82) is 0 Å². The Morgan fingerprint density at radius 2 is 2.12 bits per heavy atom. The van der Waals surface area contributed by atoms with Gasteiger partial charge in [-0.15, -0.1) is 11.6 Å². The quantitative estimate of drug-likeness (QED) is 0.369. The summed E-state index contributed by atoms with van der Waals surface area (Å²) in [4.78, 5) is 11.4. The van der Waals surface area contributed by atoms with Crippen LogP contribution in [0.3, 0.4) is 0 Å². The number of benzene rings is 1. The van der Waals surface area contributed by atoms with Crippen molar-refractivity contribution in [2.75, 3.05) is 0 Å². The van der Waals surface area contributed by atoms with Crippen LogP contribution in [0.15, 0.2) is 42.0 Å². The number of alkyl halides is 1. The molecular weight excluding hydrogens is 365 g/mol. The fraction of sp³-hybridized carbons (Fsp3) is 0.421. The number of halogens is 3. The summed E-state index contributed by atoms with van der Waals surface area (Å²) in [5.41, 5.74) is 1.95. The van der Waals surface area contributed by atoms with Gasteiger partial charge in [0.15, 0.2) is 0 Å². The zero-order chi connectivity index (χ0) is 17.9. The van der Waals surface area contributed by atoms with Crippen molar-refractivity contribution < 1.29 is 4.79 Å². The standard InChI is InChI=1S/C19H22Cl3NO/c1-4-13(3)23-18(24)9-12(2)7-8-19(22)11-15(19)14-5-6-16(20)17(21)10-14/h5-10,13,15H,4,11H2,1-3H3,(H,23,24)/b8-7+,12-9+/t13-,15-,19-/m0/s1. The van der Waals surface area contributed by atoms with Crippen LogP contribution >= 0.6 is 34.8 Å². The molecule has 5 heteroatoms. The molecule has 24 heavy (non-hydrogen) atoms. The third-order valence-electron chi connectivity index (χ3n) is 4.27. The highest BCUT2D eigenvalue weighted by Gasteiger charge is 2.51. The molecule has 2 nitrogen and oxygen atoms in total. The highest BCUT2D eigenvalue weighted by atomic mass is 35.5. The predicted octanol–water partition coefficient (Wildman–Crippen LogP) is 5.88. The molecular formula is C19H22Cl3NO. The van der Waals surface area contributed by atoms with E-state index >= 15 is 0 Å². The predicted molar refractivity (Wildman–Crippen MR) is 103 cm³/mol. The lowest BCUT2D eigenvalue weighted by atomic mass is 10.1. The molecule has 3 atom stereocenters. The van der Waals surface area contributed by atoms with Crippen LogP contribution in [0.4, 0.5) is 0 Å². The minimum Gasteiger partial charge on any atom is -0.350 e. The zero-order valence-corrected chi connectivity index (χ0v) is 16.3. The van der Waals surface area contributed by atoms with Gasteiger partial charge in [0, 0.05) is 18.0 Å². The molecule has 0 heterocycles. The van der Waals surface area contributed by atoms with Crippen LogP contribution in [-0.2, 0) is 4.79 Å². The Kier molecular flexibility index (Phi) is 6.41. The highest BCUT2D eigenvalue weighted by molar-refractivity contribution is 6.42. The first-order valence-corrected chi connectivity index (χ1v) is 9.20. The summed E-state index contributed by atoms with van der Waals surface area (Å²) < 4.78 is 0. The first kappa shape index (κ1) is 19.4. The number of amides is 1. The molecule has 0 aliphatic heterocycles. The summed E-state index contributed by atoms with van der Waals surface area (Å²) in [5.74, 6) is 0.138. The molecule has 1 aromatic carbocycles. The van der Waals surface area contributed by atoms with Crippen molar-refractivity contribution in [3.63, 3.8) is 0 Å². The second-order valence-corrected chi connectivity index (χ2v) is 7.91. The lowest BCUT2D eigenvalue weighted by Gasteiger charge is -2.09. The fourth-order valence-corrected chi connectivity index (χ4v) is 3.12. The van der Waals surface area contributed by atoms with Gasteiger partial charge in [-0.25, -0.2) is 0 Å². The molecule has 2 rings (SSSR count). The summed E-state index contributed by atoms with van der Waals surface area (Å²) in [6.07, 6.45) is 7.21. The van der Waals surface area contributed by atoms with Crippen LogP contribution in [-0.4, -0.2) is 16.8 Å². The van der Waals surface area contributed by atoms with Gasteiger partial charge in [0.25, 0.3) is 0 Å². The van der Waals surface area contributed by atoms with E-state index in [0.29, 0.717) is 10.0 Å². The topological polar surface area (TPSA) is 29.1 Å². The molecule has 130 valence electrons. The van der Waals surface area contributed by atoms with Crippen molar-refractivity contribution in [1.82, 2.24) is 5.32 Å². The molecule has 1 saturated carbocycles. The Labute approximate surface area is 158 Å². The Bertz CT molecular complexity index is 683. The van der Waals surface area contributed by atoms with E-state index in [4.69, 9.17) is 34.8 Å². The molecule has 0 saturated heterocycles. The maximum Gasteiger partial charge on any atom is 0.244 e. The van der Waals surface area contributed by atoms with Crippen LogP contribution in [0, 0.1) is 0 Å². The van der Waals surface area contributed by atoms with Crippen molar-refractivity contribution in [3.05, 3.63) is 57.6 Å². The van der Waals surface area contributed by atoms with Crippen molar-refractivity contribution in [2.45, 2.75) is 50.4 Å². The smallest absolute Gasteiger partial charge is 0.244 e. The molecule has 1 aromatic rings. The first-order chi connectivity index (χ1) is 11.2. The van der Waals surface area contributed by atoms with Gasteiger partial charge in [-0.05, 0) is 50.0 Å². The zero-order valence-electron chi connectivity index (χ0n) is 14.1. The Balaban J connectivity index is 1.99.